The number of benzene rings is 2. The molecule has 0 unspecified atom stereocenters. The Kier molecular flexibility index (Phi) is 6.23. The Labute approximate surface area is 207 Å². The molecule has 0 aliphatic rings. The van der Waals surface area contributed by atoms with Gasteiger partial charge in [-0.2, -0.15) is 15.2 Å². The first-order valence-corrected chi connectivity index (χ1v) is 11.5. The summed E-state index contributed by atoms with van der Waals surface area (Å²) in [5.41, 5.74) is 10.1. The first-order chi connectivity index (χ1) is 17.5. The fourth-order valence-corrected chi connectivity index (χ4v) is 4.07. The van der Waals surface area contributed by atoms with Crippen molar-refractivity contribution in [3.63, 3.8) is 0 Å². The van der Waals surface area contributed by atoms with Crippen LogP contribution < -0.4 is 10.9 Å². The van der Waals surface area contributed by atoms with Crippen molar-refractivity contribution in [1.82, 2.24) is 40.2 Å². The van der Waals surface area contributed by atoms with Crippen LogP contribution in [0.3, 0.4) is 0 Å². The van der Waals surface area contributed by atoms with Crippen molar-refractivity contribution >= 4 is 17.6 Å². The van der Waals surface area contributed by atoms with E-state index in [-0.39, 0.29) is 12.3 Å². The molecule has 36 heavy (non-hydrogen) atoms. The van der Waals surface area contributed by atoms with Gasteiger partial charge in [0.2, 0.25) is 5.91 Å². The summed E-state index contributed by atoms with van der Waals surface area (Å²) in [7, 11) is 0. The van der Waals surface area contributed by atoms with E-state index in [1.54, 1.807) is 15.4 Å². The third-order valence-electron chi connectivity index (χ3n) is 5.93. The van der Waals surface area contributed by atoms with Crippen LogP contribution in [0.25, 0.3) is 22.7 Å². The Hall–Kier alpha value is -4.86. The number of nitrogens with one attached hydrogen (secondary N) is 2. The third kappa shape index (κ3) is 4.56. The number of hydrazine groups is 1. The molecule has 0 aliphatic heterocycles. The van der Waals surface area contributed by atoms with Crippen molar-refractivity contribution in [3.8, 4) is 16.9 Å². The molecule has 0 saturated carbocycles. The molecular formula is C26H24N8O2. The molecule has 0 radical (unpaired) electrons. The summed E-state index contributed by atoms with van der Waals surface area (Å²) in [6, 6.07) is 19.0. The predicted molar refractivity (Wildman–Crippen MR) is 133 cm³/mol. The van der Waals surface area contributed by atoms with Gasteiger partial charge < -0.3 is 0 Å². The van der Waals surface area contributed by atoms with Gasteiger partial charge in [0.25, 0.3) is 11.7 Å². The predicted octanol–water partition coefficient (Wildman–Crippen LogP) is 2.99. The Morgan fingerprint density at radius 2 is 1.67 bits per heavy atom. The summed E-state index contributed by atoms with van der Waals surface area (Å²) >= 11 is 0. The highest BCUT2D eigenvalue weighted by atomic mass is 16.2. The van der Waals surface area contributed by atoms with Crippen LogP contribution in [0.5, 0.6) is 0 Å². The third-order valence-corrected chi connectivity index (χ3v) is 5.93. The van der Waals surface area contributed by atoms with Crippen LogP contribution in [0.15, 0.2) is 73.2 Å². The summed E-state index contributed by atoms with van der Waals surface area (Å²) in [5, 5.41) is 8.81. The van der Waals surface area contributed by atoms with Crippen LogP contribution in [-0.2, 0) is 11.2 Å². The first kappa shape index (κ1) is 22.9. The minimum atomic E-state index is -0.456. The summed E-state index contributed by atoms with van der Waals surface area (Å²) in [4.78, 5) is 34.2. The Balaban J connectivity index is 1.29. The summed E-state index contributed by atoms with van der Waals surface area (Å²) in [5.74, 6) is -0.254. The van der Waals surface area contributed by atoms with Gasteiger partial charge in [0.05, 0.1) is 11.3 Å². The van der Waals surface area contributed by atoms with E-state index < -0.39 is 5.91 Å². The number of aryl methyl sites for hydroxylation is 2. The number of fused-ring (bicyclic) bond motifs is 1. The highest BCUT2D eigenvalue weighted by Crippen LogP contribution is 2.23. The number of carbonyl (C=O) groups is 2. The number of amides is 2. The van der Waals surface area contributed by atoms with Gasteiger partial charge in [-0.25, -0.2) is 14.2 Å². The SMILES string of the molecule is Cc1nc2ncnn2c(C)c1CCC(=O)NNC(=O)c1cn(-c2ccccc2)nc1-c1ccccc1. The van der Waals surface area contributed by atoms with Gasteiger partial charge in [-0.15, -0.1) is 0 Å². The zero-order valence-corrected chi connectivity index (χ0v) is 19.8. The number of carbonyl (C=O) groups excluding carboxylic acids is 2. The van der Waals surface area contributed by atoms with Crippen LogP contribution in [0, 0.1) is 13.8 Å². The molecule has 0 spiro atoms. The molecule has 2 amide bonds. The molecule has 5 aromatic rings. The van der Waals surface area contributed by atoms with Gasteiger partial charge in [0.15, 0.2) is 0 Å². The van der Waals surface area contributed by atoms with Crippen LogP contribution >= 0.6 is 0 Å². The van der Waals surface area contributed by atoms with Gasteiger partial charge in [0, 0.05) is 29.6 Å². The molecule has 180 valence electrons. The van der Waals surface area contributed by atoms with E-state index in [2.05, 4.69) is 31.0 Å². The number of hydrogen-bond donors (Lipinski definition) is 2. The lowest BCUT2D eigenvalue weighted by atomic mass is 10.1. The molecule has 10 nitrogen and oxygen atoms in total. The van der Waals surface area contributed by atoms with Crippen molar-refractivity contribution < 1.29 is 9.59 Å². The molecule has 5 rings (SSSR count). The standard InChI is InChI=1S/C26H24N8O2/c1-17-21(18(2)34-26(29-17)27-16-28-34)13-14-23(35)30-31-25(36)22-15-33(20-11-7-4-8-12-20)32-24(22)19-9-5-3-6-10-19/h3-12,15-16H,13-14H2,1-2H3,(H,30,35)(H,31,36). The number of para-hydroxylation sites is 1. The van der Waals surface area contributed by atoms with E-state index in [4.69, 9.17) is 0 Å². The fourth-order valence-electron chi connectivity index (χ4n) is 4.07. The molecule has 10 heteroatoms. The van der Waals surface area contributed by atoms with Crippen LogP contribution in [-0.4, -0.2) is 41.2 Å². The monoisotopic (exact) mass is 480 g/mol. The van der Waals surface area contributed by atoms with Crippen molar-refractivity contribution in [3.05, 3.63) is 95.7 Å². The van der Waals surface area contributed by atoms with E-state index in [0.29, 0.717) is 23.5 Å². The Bertz CT molecular complexity index is 1540. The maximum Gasteiger partial charge on any atom is 0.273 e. The van der Waals surface area contributed by atoms with Gasteiger partial charge >= 0.3 is 0 Å². The largest absolute Gasteiger partial charge is 0.273 e. The topological polar surface area (TPSA) is 119 Å². The Morgan fingerprint density at radius 3 is 2.42 bits per heavy atom. The number of nitrogens with zero attached hydrogens (tertiary/aromatic N) is 6. The average molecular weight is 481 g/mol. The van der Waals surface area contributed by atoms with Gasteiger partial charge in [0.1, 0.15) is 12.0 Å². The minimum absolute atomic E-state index is 0.165. The fraction of sp³-hybridized carbons (Fsp3) is 0.154. The van der Waals surface area contributed by atoms with Crippen LogP contribution in [0.2, 0.25) is 0 Å². The summed E-state index contributed by atoms with van der Waals surface area (Å²) in [6.45, 7) is 3.80. The van der Waals surface area contributed by atoms with Crippen molar-refractivity contribution in [1.29, 1.82) is 0 Å². The average Bonchev–Trinajstić information content (AvgIpc) is 3.56. The molecular weight excluding hydrogens is 456 g/mol. The zero-order valence-electron chi connectivity index (χ0n) is 19.8. The molecule has 0 aliphatic carbocycles. The van der Waals surface area contributed by atoms with Gasteiger partial charge in [-0.3, -0.25) is 20.4 Å². The van der Waals surface area contributed by atoms with Crippen molar-refractivity contribution in [2.45, 2.75) is 26.7 Å². The molecule has 0 saturated heterocycles. The van der Waals surface area contributed by atoms with Crippen LogP contribution in [0.4, 0.5) is 0 Å². The van der Waals surface area contributed by atoms with E-state index >= 15 is 0 Å². The summed E-state index contributed by atoms with van der Waals surface area (Å²) in [6.07, 6.45) is 3.72. The van der Waals surface area contributed by atoms with Gasteiger partial charge in [-0.05, 0) is 38.0 Å². The molecule has 0 fully saturated rings. The quantitative estimate of drug-likeness (QED) is 0.361. The smallest absolute Gasteiger partial charge is 0.273 e. The molecule has 3 heterocycles. The van der Waals surface area contributed by atoms with E-state index in [0.717, 1.165) is 28.2 Å². The van der Waals surface area contributed by atoms with E-state index in [9.17, 15) is 9.59 Å². The molecule has 2 aromatic carbocycles. The molecule has 2 N–H and O–H groups in total. The minimum Gasteiger partial charge on any atom is -0.273 e. The lowest BCUT2D eigenvalue weighted by molar-refractivity contribution is -0.121. The first-order valence-electron chi connectivity index (χ1n) is 11.5. The lowest BCUT2D eigenvalue weighted by Crippen LogP contribution is -2.41. The van der Waals surface area contributed by atoms with Crippen LogP contribution in [0.1, 0.15) is 33.7 Å². The number of aromatic nitrogens is 6. The lowest BCUT2D eigenvalue weighted by Gasteiger charge is -2.11. The second-order valence-corrected chi connectivity index (χ2v) is 8.27. The van der Waals surface area contributed by atoms with Gasteiger partial charge in [-0.1, -0.05) is 48.5 Å². The highest BCUT2D eigenvalue weighted by Gasteiger charge is 2.19. The highest BCUT2D eigenvalue weighted by molar-refractivity contribution is 6.00. The maximum atomic E-state index is 13.1. The van der Waals surface area contributed by atoms with Crippen molar-refractivity contribution in [2.75, 3.05) is 0 Å². The number of rotatable bonds is 6. The number of hydrogen-bond acceptors (Lipinski definition) is 6. The normalized spacial score (nSPS) is 10.9. The second kappa shape index (κ2) is 9.79. The molecule has 3 aromatic heterocycles. The molecule has 0 bridgehead atoms. The molecule has 0 atom stereocenters. The zero-order chi connectivity index (χ0) is 25.1. The summed E-state index contributed by atoms with van der Waals surface area (Å²) < 4.78 is 3.30. The Morgan fingerprint density at radius 1 is 0.944 bits per heavy atom. The van der Waals surface area contributed by atoms with E-state index in [1.165, 1.54) is 6.33 Å². The van der Waals surface area contributed by atoms with E-state index in [1.807, 2.05) is 74.5 Å². The van der Waals surface area contributed by atoms with Crippen molar-refractivity contribution in [2.24, 2.45) is 0 Å². The maximum absolute atomic E-state index is 13.1. The second-order valence-electron chi connectivity index (χ2n) is 8.27.